The van der Waals surface area contributed by atoms with Crippen LogP contribution in [0.5, 0.6) is 0 Å². The molecule has 0 radical (unpaired) electrons. The fourth-order valence-corrected chi connectivity index (χ4v) is 1.82. The number of nitrogens with two attached hydrogens (primary N) is 1. The van der Waals surface area contributed by atoms with Crippen molar-refractivity contribution < 1.29 is 13.2 Å². The van der Waals surface area contributed by atoms with Gasteiger partial charge in [0, 0.05) is 13.1 Å². The lowest BCUT2D eigenvalue weighted by atomic mass is 10.0. The molecular formula is C10H23N3O3S. The van der Waals surface area contributed by atoms with Gasteiger partial charge in [0.2, 0.25) is 15.9 Å². The number of sulfonamides is 1. The zero-order valence-corrected chi connectivity index (χ0v) is 11.5. The van der Waals surface area contributed by atoms with Crippen molar-refractivity contribution in [3.05, 3.63) is 0 Å². The highest BCUT2D eigenvalue weighted by molar-refractivity contribution is 7.88. The van der Waals surface area contributed by atoms with E-state index in [4.69, 9.17) is 5.73 Å². The Hall–Kier alpha value is -0.660. The van der Waals surface area contributed by atoms with Gasteiger partial charge >= 0.3 is 0 Å². The molecule has 0 bridgehead atoms. The summed E-state index contributed by atoms with van der Waals surface area (Å²) in [5, 5.41) is 2.68. The minimum Gasteiger partial charge on any atom is -0.355 e. The number of amides is 1. The van der Waals surface area contributed by atoms with Gasteiger partial charge in [-0.1, -0.05) is 13.8 Å². The molecule has 4 N–H and O–H groups in total. The maximum absolute atomic E-state index is 11.5. The average Bonchev–Trinajstić information content (AvgIpc) is 2.13. The van der Waals surface area contributed by atoms with E-state index in [0.29, 0.717) is 31.8 Å². The van der Waals surface area contributed by atoms with E-state index in [1.54, 1.807) is 0 Å². The second kappa shape index (κ2) is 7.62. The largest absolute Gasteiger partial charge is 0.355 e. The van der Waals surface area contributed by atoms with Gasteiger partial charge in [0.05, 0.1) is 12.3 Å². The quantitative estimate of drug-likeness (QED) is 0.511. The van der Waals surface area contributed by atoms with E-state index in [9.17, 15) is 13.2 Å². The third-order valence-electron chi connectivity index (χ3n) is 2.08. The molecular weight excluding hydrogens is 242 g/mol. The molecule has 1 atom stereocenters. The lowest BCUT2D eigenvalue weighted by Gasteiger charge is -2.14. The van der Waals surface area contributed by atoms with Crippen LogP contribution in [0.25, 0.3) is 0 Å². The molecule has 17 heavy (non-hydrogen) atoms. The molecule has 0 saturated heterocycles. The molecule has 0 aromatic heterocycles. The predicted molar refractivity (Wildman–Crippen MR) is 67.9 cm³/mol. The number of hydrogen-bond donors (Lipinski definition) is 3. The molecule has 0 saturated carbocycles. The van der Waals surface area contributed by atoms with Crippen molar-refractivity contribution >= 4 is 15.9 Å². The number of hydrogen-bond acceptors (Lipinski definition) is 4. The summed E-state index contributed by atoms with van der Waals surface area (Å²) in [6, 6.07) is -0.488. The molecule has 0 fully saturated rings. The summed E-state index contributed by atoms with van der Waals surface area (Å²) in [6.07, 6.45) is 2.30. The van der Waals surface area contributed by atoms with E-state index >= 15 is 0 Å². The molecule has 7 heteroatoms. The molecule has 102 valence electrons. The van der Waals surface area contributed by atoms with Gasteiger partial charge in [0.25, 0.3) is 0 Å². The van der Waals surface area contributed by atoms with Crippen molar-refractivity contribution in [2.24, 2.45) is 11.7 Å². The van der Waals surface area contributed by atoms with E-state index in [1.807, 2.05) is 13.8 Å². The monoisotopic (exact) mass is 265 g/mol. The van der Waals surface area contributed by atoms with Crippen molar-refractivity contribution in [2.45, 2.75) is 32.7 Å². The first-order chi connectivity index (χ1) is 7.72. The smallest absolute Gasteiger partial charge is 0.236 e. The van der Waals surface area contributed by atoms with Gasteiger partial charge in [-0.2, -0.15) is 0 Å². The first kappa shape index (κ1) is 16.3. The summed E-state index contributed by atoms with van der Waals surface area (Å²) in [6.45, 7) is 4.75. The van der Waals surface area contributed by atoms with E-state index in [-0.39, 0.29) is 5.91 Å². The highest BCUT2D eigenvalue weighted by atomic mass is 32.2. The molecule has 0 unspecified atom stereocenters. The predicted octanol–water partition coefficient (Wildman–Crippen LogP) is -0.585. The second-order valence-electron chi connectivity index (χ2n) is 4.55. The molecule has 0 aliphatic rings. The van der Waals surface area contributed by atoms with Crippen LogP contribution in [0.1, 0.15) is 26.7 Å². The molecule has 0 aromatic rings. The van der Waals surface area contributed by atoms with Crippen molar-refractivity contribution in [1.29, 1.82) is 0 Å². The number of nitrogens with one attached hydrogen (secondary N) is 2. The van der Waals surface area contributed by atoms with Gasteiger partial charge in [-0.25, -0.2) is 13.1 Å². The van der Waals surface area contributed by atoms with Crippen LogP contribution in [0.3, 0.4) is 0 Å². The number of rotatable bonds is 8. The fraction of sp³-hybridized carbons (Fsp3) is 0.900. The van der Waals surface area contributed by atoms with Crippen molar-refractivity contribution in [3.8, 4) is 0 Å². The topological polar surface area (TPSA) is 101 Å². The van der Waals surface area contributed by atoms with E-state index < -0.39 is 16.1 Å². The molecule has 1 amide bonds. The summed E-state index contributed by atoms with van der Waals surface area (Å²) >= 11 is 0. The Balaban J connectivity index is 3.65. The Morgan fingerprint density at radius 1 is 1.29 bits per heavy atom. The third kappa shape index (κ3) is 10.2. The van der Waals surface area contributed by atoms with Gasteiger partial charge in [0.15, 0.2) is 0 Å². The van der Waals surface area contributed by atoms with Crippen LogP contribution in [0.2, 0.25) is 0 Å². The van der Waals surface area contributed by atoms with Crippen LogP contribution in [0.15, 0.2) is 0 Å². The van der Waals surface area contributed by atoms with Gasteiger partial charge < -0.3 is 11.1 Å². The zero-order chi connectivity index (χ0) is 13.5. The minimum atomic E-state index is -3.14. The highest BCUT2D eigenvalue weighted by Gasteiger charge is 2.13. The fourth-order valence-electron chi connectivity index (χ4n) is 1.30. The highest BCUT2D eigenvalue weighted by Crippen LogP contribution is 2.02. The van der Waals surface area contributed by atoms with Crippen LogP contribution in [0, 0.1) is 5.92 Å². The first-order valence-electron chi connectivity index (χ1n) is 5.70. The first-order valence-corrected chi connectivity index (χ1v) is 7.59. The summed E-state index contributed by atoms with van der Waals surface area (Å²) in [5.74, 6) is 0.195. The molecule has 0 aromatic carbocycles. The van der Waals surface area contributed by atoms with Crippen LogP contribution in [-0.2, 0) is 14.8 Å². The standard InChI is InChI=1S/C10H23N3O3S/c1-8(2)7-9(11)10(14)12-5-4-6-13-17(3,15)16/h8-9,13H,4-7,11H2,1-3H3,(H,12,14)/t9-/m1/s1. The summed E-state index contributed by atoms with van der Waals surface area (Å²) < 4.78 is 23.8. The zero-order valence-electron chi connectivity index (χ0n) is 10.7. The van der Waals surface area contributed by atoms with Gasteiger partial charge in [-0.15, -0.1) is 0 Å². The molecule has 0 spiro atoms. The van der Waals surface area contributed by atoms with Gasteiger partial charge in [-0.05, 0) is 18.8 Å². The van der Waals surface area contributed by atoms with Gasteiger partial charge in [0.1, 0.15) is 0 Å². The summed E-state index contributed by atoms with van der Waals surface area (Å²) in [7, 11) is -3.14. The van der Waals surface area contributed by atoms with E-state index in [2.05, 4.69) is 10.0 Å². The SMILES string of the molecule is CC(C)C[C@@H](N)C(=O)NCCCNS(C)(=O)=O. The van der Waals surface area contributed by atoms with E-state index in [0.717, 1.165) is 6.26 Å². The van der Waals surface area contributed by atoms with E-state index in [1.165, 1.54) is 0 Å². The van der Waals surface area contributed by atoms with Crippen LogP contribution >= 0.6 is 0 Å². The van der Waals surface area contributed by atoms with Gasteiger partial charge in [-0.3, -0.25) is 4.79 Å². The van der Waals surface area contributed by atoms with Crippen LogP contribution in [0.4, 0.5) is 0 Å². The molecule has 0 aliphatic carbocycles. The number of carbonyl (C=O) groups excluding carboxylic acids is 1. The lowest BCUT2D eigenvalue weighted by Crippen LogP contribution is -2.42. The van der Waals surface area contributed by atoms with Crippen molar-refractivity contribution in [2.75, 3.05) is 19.3 Å². The Labute approximate surface area is 103 Å². The molecule has 0 heterocycles. The minimum absolute atomic E-state index is 0.182. The lowest BCUT2D eigenvalue weighted by molar-refractivity contribution is -0.122. The molecule has 0 aliphatic heterocycles. The van der Waals surface area contributed by atoms with Crippen molar-refractivity contribution in [3.63, 3.8) is 0 Å². The number of carbonyl (C=O) groups is 1. The Bertz CT molecular complexity index is 328. The summed E-state index contributed by atoms with van der Waals surface area (Å²) in [5.41, 5.74) is 5.68. The Morgan fingerprint density at radius 3 is 2.35 bits per heavy atom. The van der Waals surface area contributed by atoms with Crippen LogP contribution in [-0.4, -0.2) is 39.7 Å². The second-order valence-corrected chi connectivity index (χ2v) is 6.38. The van der Waals surface area contributed by atoms with Crippen molar-refractivity contribution in [1.82, 2.24) is 10.0 Å². The van der Waals surface area contributed by atoms with Crippen LogP contribution < -0.4 is 15.8 Å². The normalized spacial score (nSPS) is 13.7. The molecule has 6 nitrogen and oxygen atoms in total. The maximum Gasteiger partial charge on any atom is 0.236 e. The maximum atomic E-state index is 11.5. The molecule has 0 rings (SSSR count). The Morgan fingerprint density at radius 2 is 1.88 bits per heavy atom. The third-order valence-corrected chi connectivity index (χ3v) is 2.81. The average molecular weight is 265 g/mol. The summed E-state index contributed by atoms with van der Waals surface area (Å²) in [4.78, 5) is 11.5. The Kier molecular flexibility index (Phi) is 7.33.